The number of hydrogen-bond donors (Lipinski definition) is 1. The van der Waals surface area contributed by atoms with E-state index >= 15 is 0 Å². The van der Waals surface area contributed by atoms with Crippen LogP contribution in [0.4, 0.5) is 0 Å². The molecule has 0 amide bonds. The fourth-order valence-electron chi connectivity index (χ4n) is 1.81. The van der Waals surface area contributed by atoms with E-state index in [-0.39, 0.29) is 31.4 Å². The van der Waals surface area contributed by atoms with Crippen molar-refractivity contribution in [3.05, 3.63) is 44.5 Å². The molecular formula is C12H13Cl2O2Zr. The van der Waals surface area contributed by atoms with E-state index in [4.69, 9.17) is 9.84 Å². The second kappa shape index (κ2) is 8.31. The average molecular weight is 351 g/mol. The van der Waals surface area contributed by atoms with Gasteiger partial charge in [-0.05, 0) is 0 Å². The Bertz CT molecular complexity index is 384. The first-order valence-corrected chi connectivity index (χ1v) is 6.31. The molecule has 0 radical (unpaired) electrons. The molecule has 2 aliphatic rings. The molecule has 0 spiro atoms. The van der Waals surface area contributed by atoms with Crippen LogP contribution < -0.4 is 24.8 Å². The van der Waals surface area contributed by atoms with Crippen molar-refractivity contribution < 1.29 is 59.4 Å². The maximum atomic E-state index is 8.74. The first kappa shape index (κ1) is 17.2. The Morgan fingerprint density at radius 1 is 1.18 bits per heavy atom. The Labute approximate surface area is 129 Å². The summed E-state index contributed by atoms with van der Waals surface area (Å²) < 4.78 is 7.00. The van der Waals surface area contributed by atoms with Crippen LogP contribution in [0.3, 0.4) is 0 Å². The molecule has 2 rings (SSSR count). The molecule has 0 atom stereocenters. The first-order chi connectivity index (χ1) is 7.33. The van der Waals surface area contributed by atoms with Gasteiger partial charge in [0.25, 0.3) is 0 Å². The van der Waals surface area contributed by atoms with E-state index in [1.807, 2.05) is 6.08 Å². The Hall–Kier alpha value is 0.183. The molecule has 0 fully saturated rings. The van der Waals surface area contributed by atoms with Gasteiger partial charge in [-0.1, -0.05) is 0 Å². The number of rotatable bonds is 4. The molecule has 0 unspecified atom stereocenters. The Kier molecular flexibility index (Phi) is 8.40. The van der Waals surface area contributed by atoms with Crippen molar-refractivity contribution in [3.8, 4) is 0 Å². The van der Waals surface area contributed by atoms with Crippen LogP contribution in [-0.4, -0.2) is 18.3 Å². The fraction of sp³-hybridized carbons (Fsp3) is 0.333. The molecule has 0 aromatic carbocycles. The zero-order chi connectivity index (χ0) is 10.7. The molecule has 5 heteroatoms. The summed E-state index contributed by atoms with van der Waals surface area (Å²) in [6.07, 6.45) is 10.6. The second-order valence-electron chi connectivity index (χ2n) is 3.52. The normalized spacial score (nSPS) is 17.4. The molecule has 17 heavy (non-hydrogen) atoms. The van der Waals surface area contributed by atoms with Gasteiger partial charge in [-0.3, -0.25) is 0 Å². The third-order valence-electron chi connectivity index (χ3n) is 2.49. The van der Waals surface area contributed by atoms with Gasteiger partial charge in [0, 0.05) is 0 Å². The van der Waals surface area contributed by atoms with Crippen LogP contribution >= 0.6 is 0 Å². The largest absolute Gasteiger partial charge is 1.00 e. The maximum absolute atomic E-state index is 8.74. The zero-order valence-electron chi connectivity index (χ0n) is 9.25. The average Bonchev–Trinajstić information content (AvgIpc) is 2.82. The van der Waals surface area contributed by atoms with Gasteiger partial charge >= 0.3 is 105 Å². The minimum absolute atomic E-state index is 0. The van der Waals surface area contributed by atoms with Crippen molar-refractivity contribution in [1.29, 1.82) is 0 Å². The van der Waals surface area contributed by atoms with Crippen molar-refractivity contribution >= 4 is 0 Å². The van der Waals surface area contributed by atoms with Crippen LogP contribution in [0, 0.1) is 0 Å². The number of allylic oxidation sites excluding steroid dienone is 7. The van der Waals surface area contributed by atoms with Crippen LogP contribution in [-0.2, 0) is 29.5 Å². The number of ether oxygens (including phenoxy) is 1. The maximum Gasteiger partial charge on any atom is -1.00 e. The Morgan fingerprint density at radius 3 is 2.47 bits per heavy atom. The first-order valence-electron chi connectivity index (χ1n) is 5.08. The molecule has 0 saturated heterocycles. The molecule has 0 aromatic heterocycles. The number of hydrogen-bond acceptors (Lipinski definition) is 2. The summed E-state index contributed by atoms with van der Waals surface area (Å²) in [6.45, 7) is 0.455. The Balaban J connectivity index is 0.00000128. The van der Waals surface area contributed by atoms with Gasteiger partial charge in [-0.25, -0.2) is 0 Å². The standard InChI is InChI=1S/C12H13O2.2ClH.Zr/c13-8-9-14-12-7-3-6-11(12)10-4-1-2-5-10;;;/h1,3-4,7,13H,2,6,8-9H2;2*1H;/q;;;+2/p-2. The molecule has 0 aromatic rings. The van der Waals surface area contributed by atoms with Crippen LogP contribution in [0.25, 0.3) is 0 Å². The number of aliphatic hydroxyl groups is 1. The quantitative estimate of drug-likeness (QED) is 0.559. The topological polar surface area (TPSA) is 29.5 Å². The smallest absolute Gasteiger partial charge is 1.00 e. The zero-order valence-corrected chi connectivity index (χ0v) is 13.2. The molecule has 0 heterocycles. The second-order valence-corrected chi connectivity index (χ2v) is 5.00. The van der Waals surface area contributed by atoms with E-state index in [0.717, 1.165) is 18.6 Å². The van der Waals surface area contributed by atoms with Crippen LogP contribution in [0.15, 0.2) is 44.5 Å². The predicted octanol–water partition coefficient (Wildman–Crippen LogP) is -4.02. The van der Waals surface area contributed by atoms with Crippen LogP contribution in [0.5, 0.6) is 0 Å². The van der Waals surface area contributed by atoms with E-state index in [0.29, 0.717) is 6.61 Å². The van der Waals surface area contributed by atoms with E-state index in [1.165, 1.54) is 39.1 Å². The van der Waals surface area contributed by atoms with E-state index in [1.54, 1.807) is 0 Å². The third kappa shape index (κ3) is 4.10. The molecule has 2 nitrogen and oxygen atoms in total. The summed E-state index contributed by atoms with van der Waals surface area (Å²) >= 11 is 1.48. The SMILES string of the molecule is OCCOC1=C(C2=[C]([Zr+2])CC=C2)CC=C1.[Cl-].[Cl-]. The molecule has 1 N–H and O–H groups in total. The van der Waals surface area contributed by atoms with Crippen LogP contribution in [0.2, 0.25) is 0 Å². The van der Waals surface area contributed by atoms with Gasteiger partial charge in [-0.2, -0.15) is 0 Å². The van der Waals surface area contributed by atoms with E-state index in [9.17, 15) is 0 Å². The van der Waals surface area contributed by atoms with Gasteiger partial charge in [0.05, 0.1) is 0 Å². The summed E-state index contributed by atoms with van der Waals surface area (Å²) in [5.74, 6) is 0.936. The molecule has 0 aliphatic heterocycles. The summed E-state index contributed by atoms with van der Waals surface area (Å²) in [4.78, 5) is 0. The molecular weight excluding hydrogens is 338 g/mol. The third-order valence-corrected chi connectivity index (χ3v) is 3.66. The van der Waals surface area contributed by atoms with Crippen molar-refractivity contribution in [2.24, 2.45) is 0 Å². The van der Waals surface area contributed by atoms with Gasteiger partial charge < -0.3 is 24.8 Å². The fourth-order valence-corrected chi connectivity index (χ4v) is 2.67. The van der Waals surface area contributed by atoms with Crippen molar-refractivity contribution in [1.82, 2.24) is 0 Å². The van der Waals surface area contributed by atoms with Crippen molar-refractivity contribution in [3.63, 3.8) is 0 Å². The summed E-state index contributed by atoms with van der Waals surface area (Å²) in [5.41, 5.74) is 2.63. The Morgan fingerprint density at radius 2 is 1.88 bits per heavy atom. The van der Waals surface area contributed by atoms with Gasteiger partial charge in [0.2, 0.25) is 0 Å². The molecule has 2 aliphatic carbocycles. The predicted molar refractivity (Wildman–Crippen MR) is 54.6 cm³/mol. The van der Waals surface area contributed by atoms with E-state index < -0.39 is 0 Å². The van der Waals surface area contributed by atoms with Gasteiger partial charge in [0.15, 0.2) is 0 Å². The number of halogens is 2. The summed E-state index contributed by atoms with van der Waals surface area (Å²) in [6, 6.07) is 0. The molecule has 0 bridgehead atoms. The summed E-state index contributed by atoms with van der Waals surface area (Å²) in [7, 11) is 0. The van der Waals surface area contributed by atoms with Crippen LogP contribution in [0.1, 0.15) is 12.8 Å². The van der Waals surface area contributed by atoms with Gasteiger partial charge in [0.1, 0.15) is 0 Å². The molecule has 91 valence electrons. The minimum atomic E-state index is 0. The number of aliphatic hydroxyl groups excluding tert-OH is 1. The van der Waals surface area contributed by atoms with Crippen molar-refractivity contribution in [2.75, 3.05) is 13.2 Å². The monoisotopic (exact) mass is 349 g/mol. The van der Waals surface area contributed by atoms with E-state index in [2.05, 4.69) is 18.2 Å². The molecule has 0 saturated carbocycles. The minimum Gasteiger partial charge on any atom is -1.00 e. The summed E-state index contributed by atoms with van der Waals surface area (Å²) in [5, 5.41) is 8.74. The van der Waals surface area contributed by atoms with Gasteiger partial charge in [-0.15, -0.1) is 0 Å². The van der Waals surface area contributed by atoms with Crippen molar-refractivity contribution in [2.45, 2.75) is 12.8 Å².